The Hall–Kier alpha value is -2.65. The Morgan fingerprint density at radius 1 is 1.14 bits per heavy atom. The van der Waals surface area contributed by atoms with Crippen LogP contribution in [0, 0.1) is 11.3 Å². The summed E-state index contributed by atoms with van der Waals surface area (Å²) in [5, 5.41) is 11.0. The highest BCUT2D eigenvalue weighted by atomic mass is 79.9. The zero-order valence-electron chi connectivity index (χ0n) is 15.1. The van der Waals surface area contributed by atoms with Crippen LogP contribution in [0.5, 0.6) is 5.75 Å². The van der Waals surface area contributed by atoms with Crippen molar-refractivity contribution < 1.29 is 4.74 Å². The molecule has 3 nitrogen and oxygen atoms in total. The molecule has 0 saturated carbocycles. The van der Waals surface area contributed by atoms with E-state index in [1.54, 1.807) is 0 Å². The maximum absolute atomic E-state index is 9.62. The van der Waals surface area contributed by atoms with Crippen molar-refractivity contribution in [3.8, 4) is 11.8 Å². The molecule has 4 aromatic rings. The predicted molar refractivity (Wildman–Crippen MR) is 123 cm³/mol. The largest absolute Gasteiger partial charge is 0.488 e. The van der Waals surface area contributed by atoms with E-state index in [4.69, 9.17) is 16.3 Å². The summed E-state index contributed by atoms with van der Waals surface area (Å²) in [4.78, 5) is 4.57. The number of halogens is 2. The molecule has 0 atom stereocenters. The first kappa shape index (κ1) is 19.7. The number of benzene rings is 3. The van der Waals surface area contributed by atoms with E-state index in [-0.39, 0.29) is 0 Å². The Labute approximate surface area is 186 Å². The lowest BCUT2D eigenvalue weighted by molar-refractivity contribution is 0.304. The normalized spacial score (nSPS) is 11.4. The van der Waals surface area contributed by atoms with Gasteiger partial charge in [-0.3, -0.25) is 0 Å². The van der Waals surface area contributed by atoms with E-state index in [1.807, 2.05) is 72.8 Å². The predicted octanol–water partition coefficient (Wildman–Crippen LogP) is 7.36. The van der Waals surface area contributed by atoms with Gasteiger partial charge in [0.1, 0.15) is 23.4 Å². The molecule has 0 fully saturated rings. The lowest BCUT2D eigenvalue weighted by Gasteiger charge is -2.09. The summed E-state index contributed by atoms with van der Waals surface area (Å²) < 4.78 is 7.77. The SMILES string of the molecule is N#CC(=Cc1ccc(OCc2ccc(Cl)cc2)c(Br)c1)c1nc2ccccc2s1. The second-order valence-electron chi connectivity index (χ2n) is 6.26. The first-order valence-electron chi connectivity index (χ1n) is 8.77. The van der Waals surface area contributed by atoms with Gasteiger partial charge in [0, 0.05) is 5.02 Å². The van der Waals surface area contributed by atoms with Gasteiger partial charge >= 0.3 is 0 Å². The van der Waals surface area contributed by atoms with Crippen molar-refractivity contribution in [2.45, 2.75) is 6.61 Å². The van der Waals surface area contributed by atoms with Gasteiger partial charge in [0.2, 0.25) is 0 Å². The first-order valence-corrected chi connectivity index (χ1v) is 10.8. The van der Waals surface area contributed by atoms with Crippen LogP contribution < -0.4 is 4.74 Å². The van der Waals surface area contributed by atoms with Crippen molar-refractivity contribution in [2.75, 3.05) is 0 Å². The molecule has 0 aliphatic rings. The molecular weight excluding hydrogens is 468 g/mol. The number of nitriles is 1. The Kier molecular flexibility index (Phi) is 5.96. The fraction of sp³-hybridized carbons (Fsp3) is 0.0435. The highest BCUT2D eigenvalue weighted by Gasteiger charge is 2.09. The molecule has 1 heterocycles. The third-order valence-corrected chi connectivity index (χ3v) is 6.16. The van der Waals surface area contributed by atoms with Crippen LogP contribution in [0.4, 0.5) is 0 Å². The van der Waals surface area contributed by atoms with Gasteiger partial charge in [0.05, 0.1) is 20.3 Å². The van der Waals surface area contributed by atoms with Gasteiger partial charge in [-0.05, 0) is 69.5 Å². The molecule has 29 heavy (non-hydrogen) atoms. The van der Waals surface area contributed by atoms with Crippen molar-refractivity contribution in [3.63, 3.8) is 0 Å². The third-order valence-electron chi connectivity index (χ3n) is 4.22. The van der Waals surface area contributed by atoms with Gasteiger partial charge in [-0.2, -0.15) is 5.26 Å². The minimum atomic E-state index is 0.445. The van der Waals surface area contributed by atoms with Crippen molar-refractivity contribution in [1.82, 2.24) is 4.98 Å². The maximum atomic E-state index is 9.62. The van der Waals surface area contributed by atoms with Crippen LogP contribution >= 0.6 is 38.9 Å². The molecule has 4 rings (SSSR count). The number of aromatic nitrogens is 1. The molecule has 0 saturated heterocycles. The Morgan fingerprint density at radius 2 is 1.93 bits per heavy atom. The van der Waals surface area contributed by atoms with E-state index in [2.05, 4.69) is 27.0 Å². The molecule has 0 N–H and O–H groups in total. The van der Waals surface area contributed by atoms with Crippen LogP contribution in [-0.4, -0.2) is 4.98 Å². The van der Waals surface area contributed by atoms with Gasteiger partial charge < -0.3 is 4.74 Å². The van der Waals surface area contributed by atoms with E-state index in [0.717, 1.165) is 31.6 Å². The summed E-state index contributed by atoms with van der Waals surface area (Å²) in [6.07, 6.45) is 1.84. The Balaban J connectivity index is 1.54. The van der Waals surface area contributed by atoms with Gasteiger partial charge in [-0.15, -0.1) is 11.3 Å². The molecule has 0 amide bonds. The summed E-state index contributed by atoms with van der Waals surface area (Å²) in [5.41, 5.74) is 3.37. The van der Waals surface area contributed by atoms with E-state index >= 15 is 0 Å². The van der Waals surface area contributed by atoms with Crippen LogP contribution in [-0.2, 0) is 6.61 Å². The Morgan fingerprint density at radius 3 is 2.66 bits per heavy atom. The van der Waals surface area contributed by atoms with Crippen molar-refractivity contribution in [2.24, 2.45) is 0 Å². The number of para-hydroxylation sites is 1. The summed E-state index contributed by atoms with van der Waals surface area (Å²) in [6, 6.07) is 23.4. The molecule has 0 aliphatic heterocycles. The van der Waals surface area contributed by atoms with Crippen LogP contribution in [0.2, 0.25) is 5.02 Å². The summed E-state index contributed by atoms with van der Waals surface area (Å²) in [7, 11) is 0. The third kappa shape index (κ3) is 4.68. The molecule has 0 radical (unpaired) electrons. The second-order valence-corrected chi connectivity index (χ2v) is 8.58. The molecular formula is C23H14BrClN2OS. The molecule has 0 aliphatic carbocycles. The average molecular weight is 482 g/mol. The molecule has 1 aromatic heterocycles. The van der Waals surface area contributed by atoms with E-state index in [0.29, 0.717) is 22.2 Å². The number of hydrogen-bond donors (Lipinski definition) is 0. The Bertz CT molecular complexity index is 1210. The number of rotatable bonds is 5. The van der Waals surface area contributed by atoms with Gasteiger partial charge in [0.25, 0.3) is 0 Å². The standard InChI is InChI=1S/C23H14BrClN2OS/c24-19-12-16(7-10-21(19)28-14-15-5-8-18(25)9-6-15)11-17(13-26)23-27-20-3-1-2-4-22(20)29-23/h1-12H,14H2. The number of fused-ring (bicyclic) bond motifs is 1. The van der Waals surface area contributed by atoms with E-state index in [1.165, 1.54) is 11.3 Å². The first-order chi connectivity index (χ1) is 14.1. The molecule has 3 aromatic carbocycles. The highest BCUT2D eigenvalue weighted by molar-refractivity contribution is 9.10. The van der Waals surface area contributed by atoms with Crippen LogP contribution in [0.3, 0.4) is 0 Å². The number of thiazole rings is 1. The monoisotopic (exact) mass is 480 g/mol. The molecule has 6 heteroatoms. The van der Waals surface area contributed by atoms with E-state index in [9.17, 15) is 5.26 Å². The van der Waals surface area contributed by atoms with Crippen molar-refractivity contribution >= 4 is 60.7 Å². The topological polar surface area (TPSA) is 45.9 Å². The number of nitrogens with zero attached hydrogens (tertiary/aromatic N) is 2. The quantitative estimate of drug-likeness (QED) is 0.280. The molecule has 0 unspecified atom stereocenters. The van der Waals surface area contributed by atoms with Gasteiger partial charge in [-0.1, -0.05) is 41.9 Å². The fourth-order valence-corrected chi connectivity index (χ4v) is 4.33. The van der Waals surface area contributed by atoms with Crippen LogP contribution in [0.15, 0.2) is 71.2 Å². The molecule has 0 spiro atoms. The second kappa shape index (κ2) is 8.79. The average Bonchev–Trinajstić information content (AvgIpc) is 3.16. The van der Waals surface area contributed by atoms with Gasteiger partial charge in [0.15, 0.2) is 0 Å². The lowest BCUT2D eigenvalue weighted by atomic mass is 10.1. The van der Waals surface area contributed by atoms with Gasteiger partial charge in [-0.25, -0.2) is 4.98 Å². The van der Waals surface area contributed by atoms with Crippen LogP contribution in [0.1, 0.15) is 16.1 Å². The minimum Gasteiger partial charge on any atom is -0.488 e. The summed E-state index contributed by atoms with van der Waals surface area (Å²) >= 11 is 11.0. The van der Waals surface area contributed by atoms with Crippen molar-refractivity contribution in [1.29, 1.82) is 5.26 Å². The minimum absolute atomic E-state index is 0.445. The maximum Gasteiger partial charge on any atom is 0.135 e. The summed E-state index contributed by atoms with van der Waals surface area (Å²) in [5.74, 6) is 0.732. The zero-order chi connectivity index (χ0) is 20.2. The van der Waals surface area contributed by atoms with Crippen molar-refractivity contribution in [3.05, 3.63) is 92.4 Å². The molecule has 0 bridgehead atoms. The highest BCUT2D eigenvalue weighted by Crippen LogP contribution is 2.31. The number of hydrogen-bond acceptors (Lipinski definition) is 4. The smallest absolute Gasteiger partial charge is 0.135 e. The lowest BCUT2D eigenvalue weighted by Crippen LogP contribution is -1.96. The fourth-order valence-electron chi connectivity index (χ4n) is 2.76. The summed E-state index contributed by atoms with van der Waals surface area (Å²) in [6.45, 7) is 0.445. The number of ether oxygens (including phenoxy) is 1. The van der Waals surface area contributed by atoms with E-state index < -0.39 is 0 Å². The number of allylic oxidation sites excluding steroid dienone is 1. The zero-order valence-corrected chi connectivity index (χ0v) is 18.3. The molecule has 142 valence electrons. The van der Waals surface area contributed by atoms with Crippen LogP contribution in [0.25, 0.3) is 21.9 Å².